The SMILES string of the molecule is CC(C)CN1CC(C(=O)NC(CCO)C(C)C)CC1=O. The Balaban J connectivity index is 2.54. The van der Waals surface area contributed by atoms with E-state index in [9.17, 15) is 9.59 Å². The Hall–Kier alpha value is -1.10. The Kier molecular flexibility index (Phi) is 6.46. The number of carbonyl (C=O) groups excluding carboxylic acids is 2. The molecule has 1 saturated heterocycles. The summed E-state index contributed by atoms with van der Waals surface area (Å²) in [5.41, 5.74) is 0. The summed E-state index contributed by atoms with van der Waals surface area (Å²) >= 11 is 0. The van der Waals surface area contributed by atoms with E-state index in [1.165, 1.54) is 0 Å². The van der Waals surface area contributed by atoms with Crippen LogP contribution in [0.15, 0.2) is 0 Å². The second kappa shape index (κ2) is 7.62. The van der Waals surface area contributed by atoms with Crippen LogP contribution in [-0.2, 0) is 9.59 Å². The molecule has 1 heterocycles. The van der Waals surface area contributed by atoms with Gasteiger partial charge < -0.3 is 15.3 Å². The summed E-state index contributed by atoms with van der Waals surface area (Å²) in [6, 6.07) is -0.0262. The van der Waals surface area contributed by atoms with Crippen LogP contribution in [0.5, 0.6) is 0 Å². The van der Waals surface area contributed by atoms with E-state index in [2.05, 4.69) is 19.2 Å². The van der Waals surface area contributed by atoms with Gasteiger partial charge in [0.15, 0.2) is 0 Å². The number of aliphatic hydroxyl groups excluding tert-OH is 1. The summed E-state index contributed by atoms with van der Waals surface area (Å²) in [5.74, 6) is 0.452. The molecule has 2 unspecified atom stereocenters. The lowest BCUT2D eigenvalue weighted by molar-refractivity contribution is -0.129. The second-order valence-corrected chi connectivity index (χ2v) is 6.46. The summed E-state index contributed by atoms with van der Waals surface area (Å²) in [6.45, 7) is 9.47. The van der Waals surface area contributed by atoms with Gasteiger partial charge in [-0.2, -0.15) is 0 Å². The Morgan fingerprint density at radius 1 is 1.40 bits per heavy atom. The standard InChI is InChI=1S/C15H28N2O3/c1-10(2)8-17-9-12(7-14(17)19)15(20)16-13(5-6-18)11(3)4/h10-13,18H,5-9H2,1-4H3,(H,16,20). The Labute approximate surface area is 121 Å². The molecule has 0 bridgehead atoms. The van der Waals surface area contributed by atoms with Crippen LogP contribution < -0.4 is 5.32 Å². The third kappa shape index (κ3) is 4.78. The molecule has 0 aliphatic carbocycles. The maximum atomic E-state index is 12.2. The van der Waals surface area contributed by atoms with Gasteiger partial charge in [-0.3, -0.25) is 9.59 Å². The van der Waals surface area contributed by atoms with Crippen LogP contribution in [0, 0.1) is 17.8 Å². The van der Waals surface area contributed by atoms with Crippen LogP contribution in [-0.4, -0.2) is 47.6 Å². The molecule has 0 spiro atoms. The van der Waals surface area contributed by atoms with Gasteiger partial charge in [-0.25, -0.2) is 0 Å². The Morgan fingerprint density at radius 2 is 2.05 bits per heavy atom. The fourth-order valence-electron chi connectivity index (χ4n) is 2.58. The number of likely N-dealkylation sites (tertiary alicyclic amines) is 1. The number of rotatable bonds is 7. The van der Waals surface area contributed by atoms with Crippen molar-refractivity contribution in [2.45, 2.75) is 46.6 Å². The van der Waals surface area contributed by atoms with E-state index in [0.29, 0.717) is 31.8 Å². The predicted octanol–water partition coefficient (Wildman–Crippen LogP) is 1.01. The number of aliphatic hydroxyl groups is 1. The smallest absolute Gasteiger partial charge is 0.225 e. The predicted molar refractivity (Wildman–Crippen MR) is 78.0 cm³/mol. The quantitative estimate of drug-likeness (QED) is 0.733. The van der Waals surface area contributed by atoms with Crippen LogP contribution in [0.3, 0.4) is 0 Å². The minimum Gasteiger partial charge on any atom is -0.396 e. The van der Waals surface area contributed by atoms with E-state index < -0.39 is 0 Å². The van der Waals surface area contributed by atoms with Gasteiger partial charge >= 0.3 is 0 Å². The van der Waals surface area contributed by atoms with Crippen molar-refractivity contribution in [1.82, 2.24) is 10.2 Å². The summed E-state index contributed by atoms with van der Waals surface area (Å²) in [7, 11) is 0. The first-order valence-electron chi connectivity index (χ1n) is 7.54. The number of nitrogens with zero attached hydrogens (tertiary/aromatic N) is 1. The normalized spacial score (nSPS) is 20.9. The first-order chi connectivity index (χ1) is 9.35. The van der Waals surface area contributed by atoms with E-state index in [1.807, 2.05) is 13.8 Å². The molecule has 0 aromatic carbocycles. The highest BCUT2D eigenvalue weighted by atomic mass is 16.3. The van der Waals surface area contributed by atoms with Crippen LogP contribution in [0.2, 0.25) is 0 Å². The third-order valence-electron chi connectivity index (χ3n) is 3.74. The van der Waals surface area contributed by atoms with Crippen LogP contribution in [0.4, 0.5) is 0 Å². The van der Waals surface area contributed by atoms with Crippen LogP contribution >= 0.6 is 0 Å². The number of carbonyl (C=O) groups is 2. The van der Waals surface area contributed by atoms with Crippen molar-refractivity contribution in [3.05, 3.63) is 0 Å². The second-order valence-electron chi connectivity index (χ2n) is 6.46. The molecule has 5 heteroatoms. The van der Waals surface area contributed by atoms with Crippen molar-refractivity contribution >= 4 is 11.8 Å². The molecule has 2 amide bonds. The molecule has 2 atom stereocenters. The highest BCUT2D eigenvalue weighted by Crippen LogP contribution is 2.20. The number of hydrogen-bond donors (Lipinski definition) is 2. The maximum Gasteiger partial charge on any atom is 0.225 e. The minimum atomic E-state index is -0.249. The van der Waals surface area contributed by atoms with E-state index in [0.717, 1.165) is 0 Å². The largest absolute Gasteiger partial charge is 0.396 e. The summed E-state index contributed by atoms with van der Waals surface area (Å²) < 4.78 is 0. The lowest BCUT2D eigenvalue weighted by Crippen LogP contribution is -2.43. The molecule has 0 radical (unpaired) electrons. The highest BCUT2D eigenvalue weighted by molar-refractivity contribution is 5.89. The average molecular weight is 284 g/mol. The third-order valence-corrected chi connectivity index (χ3v) is 3.74. The number of nitrogens with one attached hydrogen (secondary N) is 1. The van der Waals surface area contributed by atoms with Crippen molar-refractivity contribution < 1.29 is 14.7 Å². The molecule has 1 aliphatic rings. The van der Waals surface area contributed by atoms with Crippen LogP contribution in [0.25, 0.3) is 0 Å². The molecule has 1 fully saturated rings. The Bertz CT molecular complexity index is 342. The molecule has 1 rings (SSSR count). The van der Waals surface area contributed by atoms with Crippen molar-refractivity contribution in [1.29, 1.82) is 0 Å². The van der Waals surface area contributed by atoms with Gasteiger partial charge in [0.05, 0.1) is 5.92 Å². The molecule has 116 valence electrons. The van der Waals surface area contributed by atoms with E-state index in [1.54, 1.807) is 4.90 Å². The zero-order valence-electron chi connectivity index (χ0n) is 13.1. The number of amides is 2. The molecule has 0 aromatic rings. The minimum absolute atomic E-state index is 0.0262. The average Bonchev–Trinajstić information content (AvgIpc) is 2.69. The molecule has 0 aromatic heterocycles. The summed E-state index contributed by atoms with van der Waals surface area (Å²) in [4.78, 5) is 25.9. The zero-order chi connectivity index (χ0) is 15.3. The van der Waals surface area contributed by atoms with Crippen molar-refractivity contribution in [2.24, 2.45) is 17.8 Å². The van der Waals surface area contributed by atoms with E-state index in [-0.39, 0.29) is 36.3 Å². The highest BCUT2D eigenvalue weighted by Gasteiger charge is 2.35. The summed E-state index contributed by atoms with van der Waals surface area (Å²) in [6.07, 6.45) is 0.863. The molecular formula is C15H28N2O3. The van der Waals surface area contributed by atoms with Gasteiger partial charge in [0.1, 0.15) is 0 Å². The first-order valence-corrected chi connectivity index (χ1v) is 7.54. The lowest BCUT2D eigenvalue weighted by Gasteiger charge is -2.23. The van der Waals surface area contributed by atoms with Crippen LogP contribution in [0.1, 0.15) is 40.5 Å². The lowest BCUT2D eigenvalue weighted by atomic mass is 9.99. The monoisotopic (exact) mass is 284 g/mol. The van der Waals surface area contributed by atoms with E-state index in [4.69, 9.17) is 5.11 Å². The zero-order valence-corrected chi connectivity index (χ0v) is 13.1. The van der Waals surface area contributed by atoms with Gasteiger partial charge in [-0.1, -0.05) is 27.7 Å². The van der Waals surface area contributed by atoms with E-state index >= 15 is 0 Å². The van der Waals surface area contributed by atoms with Crippen molar-refractivity contribution in [3.8, 4) is 0 Å². The Morgan fingerprint density at radius 3 is 2.55 bits per heavy atom. The maximum absolute atomic E-state index is 12.2. The molecular weight excluding hydrogens is 256 g/mol. The molecule has 0 saturated carbocycles. The number of hydrogen-bond acceptors (Lipinski definition) is 3. The molecule has 20 heavy (non-hydrogen) atoms. The first kappa shape index (κ1) is 17.0. The van der Waals surface area contributed by atoms with Gasteiger partial charge in [0, 0.05) is 32.2 Å². The van der Waals surface area contributed by atoms with Crippen molar-refractivity contribution in [3.63, 3.8) is 0 Å². The fraction of sp³-hybridized carbons (Fsp3) is 0.867. The molecule has 5 nitrogen and oxygen atoms in total. The van der Waals surface area contributed by atoms with Crippen molar-refractivity contribution in [2.75, 3.05) is 19.7 Å². The van der Waals surface area contributed by atoms with Gasteiger partial charge in [-0.05, 0) is 18.3 Å². The fourth-order valence-corrected chi connectivity index (χ4v) is 2.58. The van der Waals surface area contributed by atoms with Gasteiger partial charge in [0.2, 0.25) is 11.8 Å². The summed E-state index contributed by atoms with van der Waals surface area (Å²) in [5, 5.41) is 12.0. The van der Waals surface area contributed by atoms with Gasteiger partial charge in [-0.15, -0.1) is 0 Å². The topological polar surface area (TPSA) is 69.6 Å². The molecule has 2 N–H and O–H groups in total. The van der Waals surface area contributed by atoms with Gasteiger partial charge in [0.25, 0.3) is 0 Å². The molecule has 1 aliphatic heterocycles.